The Balaban J connectivity index is 1.98. The van der Waals surface area contributed by atoms with Gasteiger partial charge >= 0.3 is 0 Å². The van der Waals surface area contributed by atoms with E-state index in [2.05, 4.69) is 18.0 Å². The molecule has 1 aromatic rings. The zero-order chi connectivity index (χ0) is 17.7. The first-order valence-corrected chi connectivity index (χ1v) is 8.73. The van der Waals surface area contributed by atoms with Gasteiger partial charge in [-0.25, -0.2) is 0 Å². The molecule has 3 aliphatic rings. The maximum atomic E-state index is 10.3. The van der Waals surface area contributed by atoms with E-state index in [0.29, 0.717) is 11.8 Å². The molecule has 1 heterocycles. The number of hydrogen-bond acceptors (Lipinski definition) is 5. The Labute approximate surface area is 148 Å². The summed E-state index contributed by atoms with van der Waals surface area (Å²) in [5, 5.41) is 10.3. The number of methoxy groups -OCH3 is 3. The van der Waals surface area contributed by atoms with E-state index in [9.17, 15) is 5.11 Å². The van der Waals surface area contributed by atoms with Gasteiger partial charge < -0.3 is 19.3 Å². The minimum Gasteiger partial charge on any atom is -0.504 e. The van der Waals surface area contributed by atoms with Crippen LogP contribution in [0.25, 0.3) is 0 Å². The maximum absolute atomic E-state index is 10.3. The second kappa shape index (κ2) is 5.99. The number of likely N-dealkylation sites (N-methyl/N-ethyl adjacent to an activating group) is 1. The van der Waals surface area contributed by atoms with Gasteiger partial charge in [0, 0.05) is 24.1 Å². The van der Waals surface area contributed by atoms with Gasteiger partial charge in [-0.2, -0.15) is 0 Å². The Bertz CT molecular complexity index is 767. The molecule has 0 spiro atoms. The van der Waals surface area contributed by atoms with Crippen LogP contribution in [0.3, 0.4) is 0 Å². The first-order valence-electron chi connectivity index (χ1n) is 8.73. The van der Waals surface area contributed by atoms with Crippen LogP contribution < -0.4 is 9.47 Å². The molecule has 0 radical (unpaired) electrons. The normalized spacial score (nSPS) is 27.6. The number of aliphatic hydroxyl groups is 1. The van der Waals surface area contributed by atoms with Crippen molar-refractivity contribution in [3.8, 4) is 11.5 Å². The summed E-state index contributed by atoms with van der Waals surface area (Å²) < 4.78 is 16.8. The summed E-state index contributed by atoms with van der Waals surface area (Å²) in [6.07, 6.45) is 5.96. The predicted molar refractivity (Wildman–Crippen MR) is 95.3 cm³/mol. The SMILES string of the molecule is COC1=CC2c3c(OC)c(OC)cc4c3C(CC2C=C1O)N(C)CC4. The molecule has 5 heteroatoms. The Morgan fingerprint density at radius 3 is 2.56 bits per heavy atom. The summed E-state index contributed by atoms with van der Waals surface area (Å²) in [6, 6.07) is 2.47. The van der Waals surface area contributed by atoms with Crippen LogP contribution in [-0.4, -0.2) is 44.9 Å². The van der Waals surface area contributed by atoms with Crippen molar-refractivity contribution in [3.63, 3.8) is 0 Å². The molecule has 5 nitrogen and oxygen atoms in total. The molecule has 4 rings (SSSR count). The Kier molecular flexibility index (Phi) is 3.91. The molecule has 3 unspecified atom stereocenters. The van der Waals surface area contributed by atoms with Gasteiger partial charge in [-0.05, 0) is 55.2 Å². The van der Waals surface area contributed by atoms with E-state index in [1.807, 2.05) is 12.2 Å². The van der Waals surface area contributed by atoms with Crippen molar-refractivity contribution >= 4 is 0 Å². The number of aliphatic hydroxyl groups excluding tert-OH is 1. The van der Waals surface area contributed by atoms with E-state index >= 15 is 0 Å². The second-order valence-corrected chi connectivity index (χ2v) is 7.06. The topological polar surface area (TPSA) is 51.2 Å². The van der Waals surface area contributed by atoms with Crippen LogP contribution >= 0.6 is 0 Å². The highest BCUT2D eigenvalue weighted by atomic mass is 16.5. The van der Waals surface area contributed by atoms with Crippen LogP contribution in [-0.2, 0) is 11.2 Å². The molecule has 0 fully saturated rings. The van der Waals surface area contributed by atoms with E-state index in [-0.39, 0.29) is 17.6 Å². The van der Waals surface area contributed by atoms with Crippen LogP contribution in [0.4, 0.5) is 0 Å². The van der Waals surface area contributed by atoms with E-state index in [4.69, 9.17) is 14.2 Å². The number of benzene rings is 1. The van der Waals surface area contributed by atoms with E-state index < -0.39 is 0 Å². The van der Waals surface area contributed by atoms with Gasteiger partial charge in [-0.3, -0.25) is 4.90 Å². The average Bonchev–Trinajstić information content (AvgIpc) is 2.63. The lowest BCUT2D eigenvalue weighted by molar-refractivity contribution is 0.176. The van der Waals surface area contributed by atoms with Crippen LogP contribution in [0.15, 0.2) is 29.7 Å². The van der Waals surface area contributed by atoms with Crippen molar-refractivity contribution in [1.82, 2.24) is 4.90 Å². The van der Waals surface area contributed by atoms with Crippen molar-refractivity contribution < 1.29 is 19.3 Å². The minimum absolute atomic E-state index is 0.118. The zero-order valence-electron chi connectivity index (χ0n) is 15.2. The zero-order valence-corrected chi connectivity index (χ0v) is 15.2. The van der Waals surface area contributed by atoms with Crippen molar-refractivity contribution in [2.45, 2.75) is 24.8 Å². The van der Waals surface area contributed by atoms with Crippen LogP contribution in [0, 0.1) is 5.92 Å². The lowest BCUT2D eigenvalue weighted by Crippen LogP contribution is -2.39. The summed E-state index contributed by atoms with van der Waals surface area (Å²) >= 11 is 0. The Hall–Kier alpha value is -2.14. The standard InChI is InChI=1S/C20H25NO4/c1-21-6-5-11-9-17(24-3)20(25-4)19-13-10-16(23-2)15(22)8-12(13)7-14(21)18(11)19/h8-10,12-14,22H,5-7H2,1-4H3. The van der Waals surface area contributed by atoms with E-state index in [0.717, 1.165) is 30.9 Å². The third-order valence-electron chi connectivity index (χ3n) is 5.90. The van der Waals surface area contributed by atoms with Gasteiger partial charge in [0.1, 0.15) is 0 Å². The number of fused-ring (bicyclic) bond motifs is 2. The third-order valence-corrected chi connectivity index (χ3v) is 5.90. The number of rotatable bonds is 3. The monoisotopic (exact) mass is 343 g/mol. The summed E-state index contributed by atoms with van der Waals surface area (Å²) in [5.41, 5.74) is 3.90. The molecular formula is C20H25NO4. The van der Waals surface area contributed by atoms with Crippen LogP contribution in [0.2, 0.25) is 0 Å². The second-order valence-electron chi connectivity index (χ2n) is 7.06. The lowest BCUT2D eigenvalue weighted by atomic mass is 9.67. The lowest BCUT2D eigenvalue weighted by Gasteiger charge is -2.45. The first-order chi connectivity index (χ1) is 12.1. The Morgan fingerprint density at radius 2 is 1.88 bits per heavy atom. The molecule has 0 saturated heterocycles. The maximum Gasteiger partial charge on any atom is 0.164 e. The molecule has 0 saturated carbocycles. The Morgan fingerprint density at radius 1 is 1.08 bits per heavy atom. The smallest absolute Gasteiger partial charge is 0.164 e. The molecule has 2 aliphatic carbocycles. The molecule has 1 aliphatic heterocycles. The molecule has 0 bridgehead atoms. The van der Waals surface area contributed by atoms with E-state index in [1.54, 1.807) is 21.3 Å². The van der Waals surface area contributed by atoms with Crippen molar-refractivity contribution in [2.75, 3.05) is 34.9 Å². The summed E-state index contributed by atoms with van der Waals surface area (Å²) in [7, 11) is 7.15. The summed E-state index contributed by atoms with van der Waals surface area (Å²) in [6.45, 7) is 1.03. The first kappa shape index (κ1) is 16.3. The highest BCUT2D eigenvalue weighted by molar-refractivity contribution is 5.61. The molecule has 0 aromatic heterocycles. The van der Waals surface area contributed by atoms with Gasteiger partial charge in [-0.1, -0.05) is 0 Å². The largest absolute Gasteiger partial charge is 0.504 e. The number of allylic oxidation sites excluding steroid dienone is 2. The van der Waals surface area contributed by atoms with Gasteiger partial charge in [0.15, 0.2) is 23.0 Å². The molecule has 0 amide bonds. The minimum atomic E-state index is 0.118. The average molecular weight is 343 g/mol. The summed E-state index contributed by atoms with van der Waals surface area (Å²) in [5.74, 6) is 2.68. The van der Waals surface area contributed by atoms with E-state index in [1.165, 1.54) is 16.7 Å². The van der Waals surface area contributed by atoms with Crippen molar-refractivity contribution in [3.05, 3.63) is 46.4 Å². The molecule has 134 valence electrons. The number of nitrogens with zero attached hydrogens (tertiary/aromatic N) is 1. The number of hydrogen-bond donors (Lipinski definition) is 1. The number of ether oxygens (including phenoxy) is 3. The molecule has 1 N–H and O–H groups in total. The molecule has 25 heavy (non-hydrogen) atoms. The highest BCUT2D eigenvalue weighted by Gasteiger charge is 2.43. The van der Waals surface area contributed by atoms with Gasteiger partial charge in [0.25, 0.3) is 0 Å². The molecule has 1 aromatic carbocycles. The summed E-state index contributed by atoms with van der Waals surface area (Å²) in [4.78, 5) is 2.41. The van der Waals surface area contributed by atoms with Crippen LogP contribution in [0.5, 0.6) is 11.5 Å². The highest BCUT2D eigenvalue weighted by Crippen LogP contribution is 2.55. The third kappa shape index (κ3) is 2.33. The fourth-order valence-electron chi connectivity index (χ4n) is 4.70. The molecule has 3 atom stereocenters. The fourth-order valence-corrected chi connectivity index (χ4v) is 4.70. The fraction of sp³-hybridized carbons (Fsp3) is 0.500. The molecular weight excluding hydrogens is 318 g/mol. The van der Waals surface area contributed by atoms with Gasteiger partial charge in [0.05, 0.1) is 21.3 Å². The van der Waals surface area contributed by atoms with Crippen molar-refractivity contribution in [1.29, 1.82) is 0 Å². The quantitative estimate of drug-likeness (QED) is 0.912. The van der Waals surface area contributed by atoms with Gasteiger partial charge in [0.2, 0.25) is 0 Å². The van der Waals surface area contributed by atoms with Gasteiger partial charge in [-0.15, -0.1) is 0 Å². The van der Waals surface area contributed by atoms with Crippen LogP contribution in [0.1, 0.15) is 35.1 Å². The predicted octanol–water partition coefficient (Wildman–Crippen LogP) is 3.32. The van der Waals surface area contributed by atoms with Crippen molar-refractivity contribution in [2.24, 2.45) is 5.92 Å².